The van der Waals surface area contributed by atoms with Crippen LogP contribution in [0.4, 0.5) is 0 Å². The topological polar surface area (TPSA) is 65.0 Å². The van der Waals surface area contributed by atoms with Gasteiger partial charge in [-0.25, -0.2) is 9.78 Å². The number of esters is 1. The largest absolute Gasteiger partial charge is 0.469 e. The Bertz CT molecular complexity index is 603. The maximum atomic E-state index is 11.7. The minimum Gasteiger partial charge on any atom is -0.469 e. The van der Waals surface area contributed by atoms with E-state index in [0.717, 1.165) is 51.4 Å². The summed E-state index contributed by atoms with van der Waals surface area (Å²) in [5, 5.41) is 11.4. The third kappa shape index (κ3) is 5.86. The van der Waals surface area contributed by atoms with Crippen molar-refractivity contribution in [2.75, 3.05) is 7.11 Å². The zero-order chi connectivity index (χ0) is 22.6. The van der Waals surface area contributed by atoms with Gasteiger partial charge < -0.3 is 9.84 Å². The number of aliphatic hydroxyl groups is 1. The Hall–Kier alpha value is -0.910. The molecule has 5 heteroatoms. The molecular weight excluding hydrogens is 380 g/mol. The van der Waals surface area contributed by atoms with Crippen molar-refractivity contribution < 1.29 is 24.4 Å². The van der Waals surface area contributed by atoms with Gasteiger partial charge in [-0.1, -0.05) is 38.8 Å². The molecule has 0 radical (unpaired) electrons. The summed E-state index contributed by atoms with van der Waals surface area (Å²) >= 11 is 0. The lowest BCUT2D eigenvalue weighted by Crippen LogP contribution is -2.52. The highest BCUT2D eigenvalue weighted by Gasteiger charge is 2.48. The molecule has 0 spiro atoms. The van der Waals surface area contributed by atoms with Crippen molar-refractivity contribution in [2.24, 2.45) is 17.3 Å². The van der Waals surface area contributed by atoms with E-state index in [0.29, 0.717) is 5.92 Å². The molecule has 2 aliphatic rings. The summed E-state index contributed by atoms with van der Waals surface area (Å²) in [6.45, 7) is 12.7. The molecule has 2 unspecified atom stereocenters. The summed E-state index contributed by atoms with van der Waals surface area (Å²) < 4.78 is 4.80. The molecule has 0 amide bonds. The van der Waals surface area contributed by atoms with Crippen LogP contribution in [0.3, 0.4) is 0 Å². The number of rotatable bonds is 8. The van der Waals surface area contributed by atoms with E-state index in [4.69, 9.17) is 14.5 Å². The number of hydrogen-bond donors (Lipinski definition) is 1. The van der Waals surface area contributed by atoms with Crippen LogP contribution in [0.1, 0.15) is 99.3 Å². The van der Waals surface area contributed by atoms with Gasteiger partial charge in [0.05, 0.1) is 18.6 Å². The number of hydrogen-bond acceptors (Lipinski definition) is 5. The van der Waals surface area contributed by atoms with Crippen molar-refractivity contribution in [3.63, 3.8) is 0 Å². The molecule has 174 valence electrons. The molecule has 1 N–H and O–H groups in total. The van der Waals surface area contributed by atoms with Crippen LogP contribution in [0.2, 0.25) is 0 Å². The molecule has 1 aliphatic heterocycles. The molecule has 0 bridgehead atoms. The van der Waals surface area contributed by atoms with Crippen LogP contribution in [0, 0.1) is 17.3 Å². The van der Waals surface area contributed by atoms with E-state index in [1.807, 2.05) is 6.92 Å². The smallest absolute Gasteiger partial charge is 0.311 e. The summed E-state index contributed by atoms with van der Waals surface area (Å²) in [7, 11) is 1.40. The fourth-order valence-electron chi connectivity index (χ4n) is 5.22. The number of ether oxygens (including phenoxy) is 1. The van der Waals surface area contributed by atoms with Crippen molar-refractivity contribution in [3.05, 3.63) is 11.6 Å². The summed E-state index contributed by atoms with van der Waals surface area (Å²) in [5.74, 6) is -0.233. The second-order valence-electron chi connectivity index (χ2n) is 10.7. The molecule has 1 saturated heterocycles. The van der Waals surface area contributed by atoms with Crippen molar-refractivity contribution >= 4 is 5.97 Å². The Morgan fingerprint density at radius 2 is 1.93 bits per heavy atom. The summed E-state index contributed by atoms with van der Waals surface area (Å²) in [4.78, 5) is 23.0. The highest BCUT2D eigenvalue weighted by Crippen LogP contribution is 2.49. The minimum atomic E-state index is -0.585. The SMILES string of the molecule is COC(=O)[C@@H](C)[C@H]1CC[C@](C)(CC/C=C(\C)CCC2(O)C(C)CCCC2(C)C)OO1. The lowest BCUT2D eigenvalue weighted by atomic mass is 9.59. The maximum Gasteiger partial charge on any atom is 0.311 e. The lowest BCUT2D eigenvalue weighted by molar-refractivity contribution is -0.411. The van der Waals surface area contributed by atoms with Crippen LogP contribution in [0.15, 0.2) is 11.6 Å². The predicted molar refractivity (Wildman–Crippen MR) is 119 cm³/mol. The van der Waals surface area contributed by atoms with Gasteiger partial charge in [0.2, 0.25) is 0 Å². The molecule has 0 aromatic heterocycles. The Balaban J connectivity index is 1.80. The number of allylic oxidation sites excluding steroid dienone is 2. The standard InChI is InChI=1S/C25H44O5/c1-18(12-17-25(27)19(2)11-9-14-23(25,4)5)10-8-15-24(6)16-13-21(29-30-24)20(3)22(26)28-7/h10,19-21,27H,8-9,11-17H2,1-7H3/b18-10+/t19?,20-,21+,24-,25?/m0/s1. The normalized spacial score (nSPS) is 35.7. The van der Waals surface area contributed by atoms with Gasteiger partial charge >= 0.3 is 5.97 Å². The van der Waals surface area contributed by atoms with Crippen LogP contribution in [0.25, 0.3) is 0 Å². The molecule has 1 aliphatic carbocycles. The van der Waals surface area contributed by atoms with Gasteiger partial charge in [-0.15, -0.1) is 0 Å². The molecule has 30 heavy (non-hydrogen) atoms. The average Bonchev–Trinajstić information content (AvgIpc) is 2.70. The van der Waals surface area contributed by atoms with Gasteiger partial charge in [0.25, 0.3) is 0 Å². The van der Waals surface area contributed by atoms with E-state index in [-0.39, 0.29) is 29.0 Å². The van der Waals surface area contributed by atoms with Crippen molar-refractivity contribution in [2.45, 2.75) is 117 Å². The second-order valence-corrected chi connectivity index (χ2v) is 10.7. The quantitative estimate of drug-likeness (QED) is 0.305. The van der Waals surface area contributed by atoms with E-state index >= 15 is 0 Å². The Morgan fingerprint density at radius 1 is 1.23 bits per heavy atom. The van der Waals surface area contributed by atoms with Gasteiger partial charge in [-0.05, 0) is 83.5 Å². The minimum absolute atomic E-state index is 0.0242. The predicted octanol–water partition coefficient (Wildman–Crippen LogP) is 5.75. The molecule has 5 atom stereocenters. The molecule has 2 fully saturated rings. The fraction of sp³-hybridized carbons (Fsp3) is 0.880. The van der Waals surface area contributed by atoms with Gasteiger partial charge in [0, 0.05) is 0 Å². The van der Waals surface area contributed by atoms with Crippen LogP contribution < -0.4 is 0 Å². The molecule has 0 aromatic carbocycles. The number of carbonyl (C=O) groups is 1. The summed E-state index contributed by atoms with van der Waals surface area (Å²) in [5.41, 5.74) is 0.387. The zero-order valence-electron chi connectivity index (χ0n) is 20.3. The molecule has 0 aromatic rings. The van der Waals surface area contributed by atoms with E-state index in [2.05, 4.69) is 40.7 Å². The van der Waals surface area contributed by atoms with Crippen molar-refractivity contribution in [3.8, 4) is 0 Å². The second kappa shape index (κ2) is 10.1. The maximum absolute atomic E-state index is 11.7. The number of methoxy groups -OCH3 is 1. The first-order valence-electron chi connectivity index (χ1n) is 11.7. The summed E-state index contributed by atoms with van der Waals surface area (Å²) in [6, 6.07) is 0. The van der Waals surface area contributed by atoms with E-state index in [1.165, 1.54) is 19.1 Å². The third-order valence-corrected chi connectivity index (χ3v) is 7.95. The van der Waals surface area contributed by atoms with Gasteiger partial charge in [-0.3, -0.25) is 4.79 Å². The van der Waals surface area contributed by atoms with Gasteiger partial charge in [0.15, 0.2) is 0 Å². The van der Waals surface area contributed by atoms with E-state index in [1.54, 1.807) is 0 Å². The molecular formula is C25H44O5. The fourth-order valence-corrected chi connectivity index (χ4v) is 5.22. The van der Waals surface area contributed by atoms with Crippen LogP contribution in [0.5, 0.6) is 0 Å². The first kappa shape index (κ1) is 25.4. The van der Waals surface area contributed by atoms with Crippen LogP contribution in [-0.4, -0.2) is 35.5 Å². The Labute approximate surface area is 183 Å². The zero-order valence-corrected chi connectivity index (χ0v) is 20.3. The van der Waals surface area contributed by atoms with Gasteiger partial charge in [0.1, 0.15) is 11.7 Å². The molecule has 5 nitrogen and oxygen atoms in total. The lowest BCUT2D eigenvalue weighted by Gasteiger charge is -2.51. The Morgan fingerprint density at radius 3 is 2.50 bits per heavy atom. The molecule has 1 saturated carbocycles. The van der Waals surface area contributed by atoms with Crippen molar-refractivity contribution in [1.82, 2.24) is 0 Å². The molecule has 1 heterocycles. The van der Waals surface area contributed by atoms with Crippen LogP contribution >= 0.6 is 0 Å². The molecule has 2 rings (SSSR count). The van der Waals surface area contributed by atoms with Crippen molar-refractivity contribution in [1.29, 1.82) is 0 Å². The van der Waals surface area contributed by atoms with Gasteiger partial charge in [-0.2, -0.15) is 0 Å². The highest BCUT2D eigenvalue weighted by molar-refractivity contribution is 5.72. The van der Waals surface area contributed by atoms with E-state index in [9.17, 15) is 9.90 Å². The van der Waals surface area contributed by atoms with E-state index < -0.39 is 5.60 Å². The third-order valence-electron chi connectivity index (χ3n) is 7.95. The average molecular weight is 425 g/mol. The monoisotopic (exact) mass is 424 g/mol. The first-order chi connectivity index (χ1) is 13.9. The first-order valence-corrected chi connectivity index (χ1v) is 11.7. The Kier molecular flexibility index (Phi) is 8.57. The number of carbonyl (C=O) groups excluding carboxylic acids is 1. The summed E-state index contributed by atoms with van der Waals surface area (Å²) in [6.07, 6.45) is 10.7. The highest BCUT2D eigenvalue weighted by atomic mass is 17.2. The van der Waals surface area contributed by atoms with Crippen LogP contribution in [-0.2, 0) is 19.3 Å².